The first-order chi connectivity index (χ1) is 9.49. The molecule has 0 saturated heterocycles. The van der Waals surface area contributed by atoms with Crippen LogP contribution in [0, 0.1) is 0 Å². The van der Waals surface area contributed by atoms with Gasteiger partial charge in [0.25, 0.3) is 0 Å². The molecule has 0 spiro atoms. The van der Waals surface area contributed by atoms with Gasteiger partial charge in [-0.2, -0.15) is 0 Å². The smallest absolute Gasteiger partial charge is 0.198 e. The summed E-state index contributed by atoms with van der Waals surface area (Å²) < 4.78 is 6.29. The molecule has 0 radical (unpaired) electrons. The fraction of sp³-hybridized carbons (Fsp3) is 0.333. The van der Waals surface area contributed by atoms with Crippen LogP contribution >= 0.6 is 46.9 Å². The van der Waals surface area contributed by atoms with Crippen molar-refractivity contribution in [3.8, 4) is 5.75 Å². The van der Waals surface area contributed by atoms with Gasteiger partial charge in [-0.05, 0) is 43.7 Å². The lowest BCUT2D eigenvalue weighted by Gasteiger charge is -2.38. The van der Waals surface area contributed by atoms with Crippen molar-refractivity contribution in [1.82, 2.24) is 4.90 Å². The topological polar surface area (TPSA) is 12.5 Å². The lowest BCUT2D eigenvalue weighted by atomic mass is 10.1. The van der Waals surface area contributed by atoms with E-state index in [4.69, 9.17) is 27.9 Å². The zero-order valence-corrected chi connectivity index (χ0v) is 15.2. The van der Waals surface area contributed by atoms with Gasteiger partial charge in [-0.1, -0.05) is 36.2 Å². The molecule has 0 amide bonds. The van der Waals surface area contributed by atoms with Gasteiger partial charge in [0.05, 0.1) is 9.90 Å². The number of ether oxygens (including phenoxy) is 1. The summed E-state index contributed by atoms with van der Waals surface area (Å²) in [6.07, 6.45) is 0.805. The highest BCUT2D eigenvalue weighted by Gasteiger charge is 2.37. The monoisotopic (exact) mass is 365 g/mol. The van der Waals surface area contributed by atoms with Gasteiger partial charge >= 0.3 is 0 Å². The molecule has 0 aliphatic heterocycles. The van der Waals surface area contributed by atoms with Gasteiger partial charge in [-0.3, -0.25) is 4.90 Å². The molecule has 2 aromatic rings. The first-order valence-corrected chi connectivity index (χ1v) is 7.98. The fourth-order valence-electron chi connectivity index (χ4n) is 2.17. The number of benzene rings is 1. The van der Waals surface area contributed by atoms with E-state index in [2.05, 4.69) is 23.3 Å². The second-order valence-corrected chi connectivity index (χ2v) is 6.48. The van der Waals surface area contributed by atoms with Gasteiger partial charge < -0.3 is 4.74 Å². The lowest BCUT2D eigenvalue weighted by molar-refractivity contribution is -0.0642. The molecule has 21 heavy (non-hydrogen) atoms. The molecule has 0 aliphatic rings. The van der Waals surface area contributed by atoms with Gasteiger partial charge in [0.15, 0.2) is 5.72 Å². The second kappa shape index (κ2) is 7.70. The van der Waals surface area contributed by atoms with Crippen LogP contribution in [-0.4, -0.2) is 19.0 Å². The predicted molar refractivity (Wildman–Crippen MR) is 94.3 cm³/mol. The molecular weight excluding hydrogens is 349 g/mol. The number of hydrogen-bond acceptors (Lipinski definition) is 3. The van der Waals surface area contributed by atoms with Crippen molar-refractivity contribution in [3.63, 3.8) is 0 Å². The molecule has 1 atom stereocenters. The maximum absolute atomic E-state index is 6.29. The van der Waals surface area contributed by atoms with Crippen LogP contribution in [0.15, 0.2) is 35.7 Å². The highest BCUT2D eigenvalue weighted by atomic mass is 35.5. The standard InChI is InChI=1S/C15H17Cl2NOS.ClH/c1-4-15(18(2)3,14-6-5-9-20-14)19-13-8-7-11(16)10-12(13)17;/h5-10H,4H2,1-3H3;1H. The van der Waals surface area contributed by atoms with Crippen LogP contribution in [0.5, 0.6) is 5.75 Å². The Kier molecular flexibility index (Phi) is 6.82. The number of thiophene rings is 1. The van der Waals surface area contributed by atoms with Crippen LogP contribution in [0.4, 0.5) is 0 Å². The Morgan fingerprint density at radius 1 is 1.24 bits per heavy atom. The summed E-state index contributed by atoms with van der Waals surface area (Å²) >= 11 is 13.8. The Bertz CT molecular complexity index is 574. The fourth-order valence-corrected chi connectivity index (χ4v) is 3.63. The van der Waals surface area contributed by atoms with Crippen molar-refractivity contribution in [2.24, 2.45) is 0 Å². The Morgan fingerprint density at radius 2 is 1.95 bits per heavy atom. The van der Waals surface area contributed by atoms with E-state index in [0.29, 0.717) is 15.8 Å². The van der Waals surface area contributed by atoms with Gasteiger partial charge in [-0.25, -0.2) is 0 Å². The van der Waals surface area contributed by atoms with Crippen molar-refractivity contribution in [1.29, 1.82) is 0 Å². The Balaban J connectivity index is 0.00000220. The van der Waals surface area contributed by atoms with Crippen molar-refractivity contribution < 1.29 is 4.74 Å². The SMILES string of the molecule is CCC(Oc1ccc(Cl)cc1Cl)(c1cccs1)N(C)C.Cl. The minimum absolute atomic E-state index is 0. The largest absolute Gasteiger partial charge is 0.466 e. The molecule has 1 unspecified atom stereocenters. The van der Waals surface area contributed by atoms with Gasteiger partial charge in [0.2, 0.25) is 0 Å². The first-order valence-electron chi connectivity index (χ1n) is 6.35. The molecule has 1 aromatic heterocycles. The van der Waals surface area contributed by atoms with E-state index in [9.17, 15) is 0 Å². The molecule has 6 heteroatoms. The molecule has 0 saturated carbocycles. The quantitative estimate of drug-likeness (QED) is 0.631. The normalized spacial score (nSPS) is 13.6. The van der Waals surface area contributed by atoms with Crippen LogP contribution in [0.2, 0.25) is 10.0 Å². The summed E-state index contributed by atoms with van der Waals surface area (Å²) in [6.45, 7) is 2.10. The second-order valence-electron chi connectivity index (χ2n) is 4.69. The van der Waals surface area contributed by atoms with Crippen LogP contribution in [0.3, 0.4) is 0 Å². The number of nitrogens with zero attached hydrogens (tertiary/aromatic N) is 1. The molecule has 2 nitrogen and oxygen atoms in total. The minimum Gasteiger partial charge on any atom is -0.466 e. The first kappa shape index (κ1) is 18.6. The number of hydrogen-bond donors (Lipinski definition) is 0. The molecule has 0 aliphatic carbocycles. The Morgan fingerprint density at radius 3 is 2.43 bits per heavy atom. The number of halogens is 3. The molecular formula is C15H18Cl3NOS. The van der Waals surface area contributed by atoms with E-state index in [0.717, 1.165) is 11.3 Å². The molecule has 2 rings (SSSR count). The minimum atomic E-state index is -0.522. The molecule has 1 aromatic carbocycles. The summed E-state index contributed by atoms with van der Waals surface area (Å²) in [5.41, 5.74) is -0.522. The van der Waals surface area contributed by atoms with E-state index in [1.807, 2.05) is 26.2 Å². The van der Waals surface area contributed by atoms with Crippen molar-refractivity contribution >= 4 is 46.9 Å². The van der Waals surface area contributed by atoms with Gasteiger partial charge in [-0.15, -0.1) is 23.7 Å². The van der Waals surface area contributed by atoms with Crippen LogP contribution in [0.25, 0.3) is 0 Å². The highest BCUT2D eigenvalue weighted by molar-refractivity contribution is 7.10. The summed E-state index contributed by atoms with van der Waals surface area (Å²) in [4.78, 5) is 3.22. The van der Waals surface area contributed by atoms with E-state index in [-0.39, 0.29) is 12.4 Å². The predicted octanol–water partition coefficient (Wildman–Crippen LogP) is 5.68. The third-order valence-corrected chi connectivity index (χ3v) is 4.81. The summed E-state index contributed by atoms with van der Waals surface area (Å²) in [5.74, 6) is 0.639. The van der Waals surface area contributed by atoms with Crippen LogP contribution in [0.1, 0.15) is 18.2 Å². The zero-order valence-electron chi connectivity index (χ0n) is 12.1. The van der Waals surface area contributed by atoms with Crippen molar-refractivity contribution in [2.75, 3.05) is 14.1 Å². The molecule has 0 N–H and O–H groups in total. The van der Waals surface area contributed by atoms with Crippen LogP contribution in [-0.2, 0) is 5.72 Å². The van der Waals surface area contributed by atoms with Crippen molar-refractivity contribution in [2.45, 2.75) is 19.1 Å². The van der Waals surface area contributed by atoms with Gasteiger partial charge in [0, 0.05) is 11.4 Å². The maximum atomic E-state index is 6.29. The Hall–Kier alpha value is -0.450. The molecule has 0 bridgehead atoms. The molecule has 1 heterocycles. The van der Waals surface area contributed by atoms with Crippen molar-refractivity contribution in [3.05, 3.63) is 50.6 Å². The van der Waals surface area contributed by atoms with E-state index in [1.165, 1.54) is 0 Å². The van der Waals surface area contributed by atoms with Gasteiger partial charge in [0.1, 0.15) is 5.75 Å². The average molecular weight is 367 g/mol. The molecule has 0 fully saturated rings. The van der Waals surface area contributed by atoms with E-state index >= 15 is 0 Å². The Labute approximate surface area is 146 Å². The molecule has 116 valence electrons. The summed E-state index contributed by atoms with van der Waals surface area (Å²) in [5, 5.41) is 3.18. The summed E-state index contributed by atoms with van der Waals surface area (Å²) in [7, 11) is 4.01. The third kappa shape index (κ3) is 3.85. The third-order valence-electron chi connectivity index (χ3n) is 3.28. The van der Waals surface area contributed by atoms with E-state index < -0.39 is 5.72 Å². The summed E-state index contributed by atoms with van der Waals surface area (Å²) in [6, 6.07) is 9.40. The zero-order chi connectivity index (χ0) is 14.8. The van der Waals surface area contributed by atoms with Crippen LogP contribution < -0.4 is 4.74 Å². The number of rotatable bonds is 5. The van der Waals surface area contributed by atoms with E-state index in [1.54, 1.807) is 23.5 Å². The highest BCUT2D eigenvalue weighted by Crippen LogP contribution is 2.39. The maximum Gasteiger partial charge on any atom is 0.198 e. The average Bonchev–Trinajstić information content (AvgIpc) is 2.92. The lowest BCUT2D eigenvalue weighted by Crippen LogP contribution is -2.45.